The third-order valence-corrected chi connectivity index (χ3v) is 3.88. The summed E-state index contributed by atoms with van der Waals surface area (Å²) in [5.74, 6) is -0.312. The molecule has 0 amide bonds. The van der Waals surface area contributed by atoms with Crippen LogP contribution >= 0.6 is 0 Å². The van der Waals surface area contributed by atoms with E-state index in [2.05, 4.69) is 6.08 Å². The minimum Gasteiger partial charge on any atom is -0.348 e. The highest BCUT2D eigenvalue weighted by atomic mass is 16.7. The van der Waals surface area contributed by atoms with Gasteiger partial charge in [0, 0.05) is 12.8 Å². The fourth-order valence-electron chi connectivity index (χ4n) is 2.90. The number of rotatable bonds is 0. The van der Waals surface area contributed by atoms with Crippen LogP contribution in [-0.2, 0) is 9.47 Å². The van der Waals surface area contributed by atoms with Crippen LogP contribution in [0.5, 0.6) is 0 Å². The zero-order valence-electron chi connectivity index (χ0n) is 9.95. The Morgan fingerprint density at radius 3 is 2.47 bits per heavy atom. The van der Waals surface area contributed by atoms with Crippen LogP contribution in [0, 0.1) is 0 Å². The van der Waals surface area contributed by atoms with Crippen molar-refractivity contribution in [2.75, 3.05) is 13.2 Å². The molecule has 17 heavy (non-hydrogen) atoms. The molecule has 3 nitrogen and oxygen atoms in total. The van der Waals surface area contributed by atoms with Crippen LogP contribution in [0.1, 0.15) is 32.1 Å². The van der Waals surface area contributed by atoms with Crippen molar-refractivity contribution in [1.29, 1.82) is 0 Å². The summed E-state index contributed by atoms with van der Waals surface area (Å²) in [5, 5.41) is 0. The molecule has 1 heterocycles. The number of nitrogens with zero attached hydrogens (tertiary/aromatic N) is 1. The van der Waals surface area contributed by atoms with Gasteiger partial charge in [0.15, 0.2) is 5.79 Å². The van der Waals surface area contributed by atoms with Gasteiger partial charge in [-0.05, 0) is 30.9 Å². The van der Waals surface area contributed by atoms with Crippen molar-refractivity contribution in [3.63, 3.8) is 0 Å². The Hall–Kier alpha value is -1.06. The highest BCUT2D eigenvalue weighted by Gasteiger charge is 2.39. The number of hydrogen-bond acceptors (Lipinski definition) is 2. The molecule has 0 N–H and O–H groups in total. The maximum Gasteiger partial charge on any atom is 0.169 e. The van der Waals surface area contributed by atoms with Crippen LogP contribution in [0.3, 0.4) is 0 Å². The van der Waals surface area contributed by atoms with Gasteiger partial charge in [0.05, 0.1) is 18.9 Å². The van der Waals surface area contributed by atoms with E-state index in [1.165, 1.54) is 5.57 Å². The van der Waals surface area contributed by atoms with Crippen molar-refractivity contribution >= 4 is 0 Å². The largest absolute Gasteiger partial charge is 0.348 e. The molecule has 0 atom stereocenters. The fourth-order valence-corrected chi connectivity index (χ4v) is 2.90. The molecule has 2 fully saturated rings. The summed E-state index contributed by atoms with van der Waals surface area (Å²) in [4.78, 5) is 0. The first-order valence-corrected chi connectivity index (χ1v) is 6.34. The van der Waals surface area contributed by atoms with Crippen LogP contribution in [0.25, 0.3) is 0 Å². The van der Waals surface area contributed by atoms with Gasteiger partial charge in [0.1, 0.15) is 0 Å². The third kappa shape index (κ3) is 2.05. The average molecular weight is 231 g/mol. The van der Waals surface area contributed by atoms with Gasteiger partial charge in [0.2, 0.25) is 0 Å². The third-order valence-electron chi connectivity index (χ3n) is 3.88. The highest BCUT2D eigenvalue weighted by molar-refractivity contribution is 5.40. The Balaban J connectivity index is 1.74. The van der Waals surface area contributed by atoms with Crippen molar-refractivity contribution in [3.05, 3.63) is 35.1 Å². The molecule has 1 saturated carbocycles. The number of allylic oxidation sites excluding steroid dienone is 5. The highest BCUT2D eigenvalue weighted by Crippen LogP contribution is 2.40. The normalized spacial score (nSPS) is 27.6. The first kappa shape index (κ1) is 11.1. The molecule has 90 valence electrons. The van der Waals surface area contributed by atoms with Gasteiger partial charge in [0.25, 0.3) is 0 Å². The maximum absolute atomic E-state index is 9.87. The van der Waals surface area contributed by atoms with Crippen molar-refractivity contribution in [1.82, 2.24) is 5.73 Å². The summed E-state index contributed by atoms with van der Waals surface area (Å²) in [7, 11) is 0. The Morgan fingerprint density at radius 1 is 1.12 bits per heavy atom. The summed E-state index contributed by atoms with van der Waals surface area (Å²) in [6, 6.07) is 0. The molecule has 3 rings (SSSR count). The van der Waals surface area contributed by atoms with Gasteiger partial charge < -0.3 is 9.47 Å². The summed E-state index contributed by atoms with van der Waals surface area (Å²) >= 11 is 0. The molecular weight excluding hydrogens is 214 g/mol. The van der Waals surface area contributed by atoms with E-state index in [1.54, 1.807) is 6.08 Å². The standard InChI is InChI=1S/C14H17NO2/c15-13-4-2-1-3-12(13)11-5-7-14(8-6-11)16-9-10-17-14/h1-2,4H,3,5-10H2. The van der Waals surface area contributed by atoms with Crippen molar-refractivity contribution in [2.24, 2.45) is 0 Å². The summed E-state index contributed by atoms with van der Waals surface area (Å²) < 4.78 is 11.4. The van der Waals surface area contributed by atoms with Gasteiger partial charge in [-0.15, -0.1) is 0 Å². The molecule has 2 radical (unpaired) electrons. The predicted octanol–water partition coefficient (Wildman–Crippen LogP) is 2.51. The minimum atomic E-state index is -0.312. The second-order valence-electron chi connectivity index (χ2n) is 4.87. The Morgan fingerprint density at radius 2 is 1.82 bits per heavy atom. The van der Waals surface area contributed by atoms with E-state index < -0.39 is 0 Å². The van der Waals surface area contributed by atoms with Crippen LogP contribution in [-0.4, -0.2) is 19.0 Å². The molecule has 1 spiro atoms. The topological polar surface area (TPSA) is 40.8 Å². The van der Waals surface area contributed by atoms with E-state index in [0.29, 0.717) is 5.70 Å². The van der Waals surface area contributed by atoms with Crippen molar-refractivity contribution < 1.29 is 9.47 Å². The Labute approximate surface area is 102 Å². The Kier molecular flexibility index (Phi) is 2.81. The van der Waals surface area contributed by atoms with Crippen LogP contribution in [0.15, 0.2) is 35.1 Å². The van der Waals surface area contributed by atoms with E-state index in [-0.39, 0.29) is 5.79 Å². The fraction of sp³-hybridized carbons (Fsp3) is 0.571. The molecule has 3 heteroatoms. The number of ether oxygens (including phenoxy) is 2. The molecule has 0 bridgehead atoms. The van der Waals surface area contributed by atoms with Gasteiger partial charge in [-0.25, -0.2) is 0 Å². The van der Waals surface area contributed by atoms with Gasteiger partial charge in [-0.1, -0.05) is 17.7 Å². The van der Waals surface area contributed by atoms with E-state index in [1.807, 2.05) is 6.08 Å². The molecule has 0 aromatic heterocycles. The number of hydrogen-bond donors (Lipinski definition) is 0. The monoisotopic (exact) mass is 231 g/mol. The molecular formula is C14H17NO2. The molecule has 3 aliphatic rings. The summed E-state index contributed by atoms with van der Waals surface area (Å²) in [6.45, 7) is 1.44. The van der Waals surface area contributed by atoms with Crippen LogP contribution in [0.4, 0.5) is 0 Å². The second kappa shape index (κ2) is 4.31. The minimum absolute atomic E-state index is 0.312. The van der Waals surface area contributed by atoms with Crippen LogP contribution < -0.4 is 5.73 Å². The quantitative estimate of drug-likeness (QED) is 0.642. The van der Waals surface area contributed by atoms with Gasteiger partial charge in [-0.3, -0.25) is 0 Å². The van der Waals surface area contributed by atoms with Gasteiger partial charge >= 0.3 is 0 Å². The summed E-state index contributed by atoms with van der Waals surface area (Å²) in [5.41, 5.74) is 12.8. The molecule has 0 aromatic rings. The molecule has 0 unspecified atom stereocenters. The van der Waals surface area contributed by atoms with E-state index in [0.717, 1.165) is 50.9 Å². The first-order valence-electron chi connectivity index (χ1n) is 6.34. The lowest BCUT2D eigenvalue weighted by molar-refractivity contribution is -0.171. The zero-order chi connectivity index (χ0) is 11.7. The maximum atomic E-state index is 9.87. The SMILES string of the molecule is [N]C1=CC=CCC1=C1CCC2(CC1)OCCO2. The molecule has 1 saturated heterocycles. The predicted molar refractivity (Wildman–Crippen MR) is 64.1 cm³/mol. The Bertz CT molecular complexity index is 388. The second-order valence-corrected chi connectivity index (χ2v) is 4.87. The zero-order valence-corrected chi connectivity index (χ0v) is 9.95. The summed E-state index contributed by atoms with van der Waals surface area (Å²) in [6.07, 6.45) is 10.4. The van der Waals surface area contributed by atoms with Gasteiger partial charge in [-0.2, -0.15) is 5.73 Å². The average Bonchev–Trinajstić information content (AvgIpc) is 2.80. The van der Waals surface area contributed by atoms with E-state index in [9.17, 15) is 5.73 Å². The lowest BCUT2D eigenvalue weighted by Gasteiger charge is -2.33. The van der Waals surface area contributed by atoms with Crippen molar-refractivity contribution in [3.8, 4) is 0 Å². The van der Waals surface area contributed by atoms with Crippen molar-refractivity contribution in [2.45, 2.75) is 37.9 Å². The smallest absolute Gasteiger partial charge is 0.169 e. The molecule has 2 aliphatic carbocycles. The molecule has 0 aromatic carbocycles. The molecule has 1 aliphatic heterocycles. The lowest BCUT2D eigenvalue weighted by atomic mass is 9.84. The van der Waals surface area contributed by atoms with E-state index in [4.69, 9.17) is 9.47 Å². The van der Waals surface area contributed by atoms with Crippen LogP contribution in [0.2, 0.25) is 0 Å². The first-order chi connectivity index (χ1) is 8.29. The lowest BCUT2D eigenvalue weighted by Crippen LogP contribution is -2.33. The van der Waals surface area contributed by atoms with E-state index >= 15 is 0 Å².